The van der Waals surface area contributed by atoms with Crippen molar-refractivity contribution in [3.05, 3.63) is 29.8 Å². The van der Waals surface area contributed by atoms with Crippen LogP contribution in [0.1, 0.15) is 17.9 Å². The molecule has 0 radical (unpaired) electrons. The molecule has 0 aliphatic carbocycles. The van der Waals surface area contributed by atoms with Crippen molar-refractivity contribution in [1.82, 2.24) is 5.32 Å². The number of rotatable bonds is 2. The molecule has 0 spiro atoms. The fourth-order valence-electron chi connectivity index (χ4n) is 1.81. The molecule has 17 heavy (non-hydrogen) atoms. The number of benzene rings is 1. The molecular formula is C11H10F3NO2. The molecule has 1 aliphatic rings. The molecule has 1 heterocycles. The highest BCUT2D eigenvalue weighted by atomic mass is 19.4. The van der Waals surface area contributed by atoms with E-state index in [0.717, 1.165) is 0 Å². The van der Waals surface area contributed by atoms with Crippen molar-refractivity contribution in [2.75, 3.05) is 6.54 Å². The highest BCUT2D eigenvalue weighted by Crippen LogP contribution is 2.28. The van der Waals surface area contributed by atoms with Crippen molar-refractivity contribution >= 4 is 5.91 Å². The first-order chi connectivity index (χ1) is 7.94. The van der Waals surface area contributed by atoms with Crippen LogP contribution in [0.15, 0.2) is 24.3 Å². The van der Waals surface area contributed by atoms with Crippen molar-refractivity contribution in [3.63, 3.8) is 0 Å². The molecule has 1 aromatic rings. The second kappa shape index (κ2) is 4.27. The lowest BCUT2D eigenvalue weighted by atomic mass is 9.98. The van der Waals surface area contributed by atoms with E-state index in [0.29, 0.717) is 18.5 Å². The van der Waals surface area contributed by atoms with Crippen LogP contribution in [0.25, 0.3) is 0 Å². The van der Waals surface area contributed by atoms with Gasteiger partial charge >= 0.3 is 6.36 Å². The standard InChI is InChI=1S/C11H10F3NO2/c12-11(13,14)17-9-3-1-2-7(4-9)8-5-10(16)15-6-8/h1-4,8H,5-6H2,(H,15,16). The van der Waals surface area contributed by atoms with Gasteiger partial charge < -0.3 is 10.1 Å². The average Bonchev–Trinajstić information content (AvgIpc) is 2.63. The molecule has 0 bridgehead atoms. The summed E-state index contributed by atoms with van der Waals surface area (Å²) in [4.78, 5) is 11.0. The summed E-state index contributed by atoms with van der Waals surface area (Å²) in [6.07, 6.45) is -4.39. The van der Waals surface area contributed by atoms with Crippen LogP contribution in [-0.2, 0) is 4.79 Å². The van der Waals surface area contributed by atoms with Gasteiger partial charge in [0.2, 0.25) is 5.91 Å². The zero-order chi connectivity index (χ0) is 12.5. The number of amides is 1. The Morgan fingerprint density at radius 3 is 2.71 bits per heavy atom. The number of alkyl halides is 3. The summed E-state index contributed by atoms with van der Waals surface area (Å²) in [6.45, 7) is 0.453. The third-order valence-electron chi connectivity index (χ3n) is 2.54. The van der Waals surface area contributed by atoms with E-state index in [2.05, 4.69) is 10.1 Å². The van der Waals surface area contributed by atoms with E-state index in [9.17, 15) is 18.0 Å². The molecule has 6 heteroatoms. The lowest BCUT2D eigenvalue weighted by Crippen LogP contribution is -2.17. The van der Waals surface area contributed by atoms with E-state index >= 15 is 0 Å². The minimum atomic E-state index is -4.69. The van der Waals surface area contributed by atoms with Crippen LogP contribution in [0.4, 0.5) is 13.2 Å². The smallest absolute Gasteiger partial charge is 0.406 e. The zero-order valence-corrected chi connectivity index (χ0v) is 8.75. The maximum absolute atomic E-state index is 12.0. The topological polar surface area (TPSA) is 38.3 Å². The first-order valence-electron chi connectivity index (χ1n) is 5.06. The van der Waals surface area contributed by atoms with Crippen LogP contribution in [0, 0.1) is 0 Å². The average molecular weight is 245 g/mol. The largest absolute Gasteiger partial charge is 0.573 e. The molecule has 1 atom stereocenters. The zero-order valence-electron chi connectivity index (χ0n) is 8.75. The summed E-state index contributed by atoms with van der Waals surface area (Å²) in [5, 5.41) is 2.63. The van der Waals surface area contributed by atoms with Gasteiger partial charge in [0.25, 0.3) is 0 Å². The highest BCUT2D eigenvalue weighted by molar-refractivity contribution is 5.79. The Morgan fingerprint density at radius 2 is 2.12 bits per heavy atom. The number of hydrogen-bond acceptors (Lipinski definition) is 2. The summed E-state index contributed by atoms with van der Waals surface area (Å²) in [6, 6.07) is 5.73. The normalized spacial score (nSPS) is 20.2. The molecule has 92 valence electrons. The molecule has 0 saturated carbocycles. The van der Waals surface area contributed by atoms with Gasteiger partial charge in [0, 0.05) is 18.9 Å². The van der Waals surface area contributed by atoms with E-state index in [4.69, 9.17) is 0 Å². The highest BCUT2D eigenvalue weighted by Gasteiger charge is 2.31. The van der Waals surface area contributed by atoms with Crippen LogP contribution >= 0.6 is 0 Å². The van der Waals surface area contributed by atoms with E-state index in [1.807, 2.05) is 0 Å². The van der Waals surface area contributed by atoms with Gasteiger partial charge in [-0.1, -0.05) is 12.1 Å². The molecule has 1 N–H and O–H groups in total. The molecular weight excluding hydrogens is 235 g/mol. The Bertz CT molecular complexity index is 431. The molecule has 1 saturated heterocycles. The molecule has 1 amide bonds. The molecule has 0 aromatic heterocycles. The maximum atomic E-state index is 12.0. The molecule has 1 unspecified atom stereocenters. The lowest BCUT2D eigenvalue weighted by molar-refractivity contribution is -0.274. The van der Waals surface area contributed by atoms with Gasteiger partial charge in [0.05, 0.1) is 0 Å². The molecule has 3 nitrogen and oxygen atoms in total. The predicted molar refractivity (Wildman–Crippen MR) is 53.5 cm³/mol. The Labute approximate surface area is 95.6 Å². The van der Waals surface area contributed by atoms with E-state index in [1.54, 1.807) is 6.07 Å². The molecule has 1 aromatic carbocycles. The number of halogens is 3. The first kappa shape index (κ1) is 11.8. The van der Waals surface area contributed by atoms with E-state index < -0.39 is 6.36 Å². The fourth-order valence-corrected chi connectivity index (χ4v) is 1.81. The molecule has 1 aliphatic heterocycles. The van der Waals surface area contributed by atoms with Crippen molar-refractivity contribution in [1.29, 1.82) is 0 Å². The molecule has 2 rings (SSSR count). The van der Waals surface area contributed by atoms with Gasteiger partial charge in [-0.05, 0) is 17.7 Å². The second-order valence-corrected chi connectivity index (χ2v) is 3.83. The van der Waals surface area contributed by atoms with Gasteiger partial charge in [0.15, 0.2) is 0 Å². The van der Waals surface area contributed by atoms with Crippen molar-refractivity contribution in [3.8, 4) is 5.75 Å². The Hall–Kier alpha value is -1.72. The van der Waals surface area contributed by atoms with Gasteiger partial charge in [-0.15, -0.1) is 13.2 Å². The fraction of sp³-hybridized carbons (Fsp3) is 0.364. The minimum absolute atomic E-state index is 0.0840. The van der Waals surface area contributed by atoms with Crippen molar-refractivity contribution in [2.24, 2.45) is 0 Å². The van der Waals surface area contributed by atoms with Crippen LogP contribution in [-0.4, -0.2) is 18.8 Å². The lowest BCUT2D eigenvalue weighted by Gasteiger charge is -2.12. The van der Waals surface area contributed by atoms with E-state index in [-0.39, 0.29) is 17.6 Å². The molecule has 1 fully saturated rings. The van der Waals surface area contributed by atoms with Crippen LogP contribution in [0.3, 0.4) is 0 Å². The number of nitrogens with one attached hydrogen (secondary N) is 1. The van der Waals surface area contributed by atoms with Gasteiger partial charge in [-0.2, -0.15) is 0 Å². The number of hydrogen-bond donors (Lipinski definition) is 1. The van der Waals surface area contributed by atoms with Crippen LogP contribution in [0.2, 0.25) is 0 Å². The Morgan fingerprint density at radius 1 is 1.35 bits per heavy atom. The van der Waals surface area contributed by atoms with Gasteiger partial charge in [-0.3, -0.25) is 4.79 Å². The summed E-state index contributed by atoms with van der Waals surface area (Å²) < 4.78 is 39.9. The number of ether oxygens (including phenoxy) is 1. The first-order valence-corrected chi connectivity index (χ1v) is 5.06. The maximum Gasteiger partial charge on any atom is 0.573 e. The van der Waals surface area contributed by atoms with Gasteiger partial charge in [-0.25, -0.2) is 0 Å². The summed E-state index contributed by atoms with van der Waals surface area (Å²) in [5.74, 6) is -0.425. The quantitative estimate of drug-likeness (QED) is 0.867. The number of carbonyl (C=O) groups excluding carboxylic acids is 1. The Kier molecular flexibility index (Phi) is 2.95. The summed E-state index contributed by atoms with van der Waals surface area (Å²) in [7, 11) is 0. The third-order valence-corrected chi connectivity index (χ3v) is 2.54. The third kappa shape index (κ3) is 3.12. The second-order valence-electron chi connectivity index (χ2n) is 3.83. The number of carbonyl (C=O) groups is 1. The monoisotopic (exact) mass is 245 g/mol. The summed E-state index contributed by atoms with van der Waals surface area (Å²) in [5.41, 5.74) is 0.671. The van der Waals surface area contributed by atoms with Crippen molar-refractivity contribution < 1.29 is 22.7 Å². The van der Waals surface area contributed by atoms with E-state index in [1.165, 1.54) is 18.2 Å². The summed E-state index contributed by atoms with van der Waals surface area (Å²) >= 11 is 0. The van der Waals surface area contributed by atoms with Crippen LogP contribution in [0.5, 0.6) is 5.75 Å². The van der Waals surface area contributed by atoms with Crippen LogP contribution < -0.4 is 10.1 Å². The minimum Gasteiger partial charge on any atom is -0.406 e. The SMILES string of the molecule is O=C1CC(c2cccc(OC(F)(F)F)c2)CN1. The van der Waals surface area contributed by atoms with Crippen molar-refractivity contribution in [2.45, 2.75) is 18.7 Å². The van der Waals surface area contributed by atoms with Gasteiger partial charge in [0.1, 0.15) is 5.75 Å². The predicted octanol–water partition coefficient (Wildman–Crippen LogP) is 2.19. The Balaban J connectivity index is 2.14.